The summed E-state index contributed by atoms with van der Waals surface area (Å²) < 4.78 is 10.4. The van der Waals surface area contributed by atoms with Crippen LogP contribution < -0.4 is 15.2 Å². The van der Waals surface area contributed by atoms with E-state index in [0.717, 1.165) is 5.56 Å². The number of nitrogens with zero attached hydrogens (tertiary/aromatic N) is 1. The van der Waals surface area contributed by atoms with Gasteiger partial charge in [0.25, 0.3) is 0 Å². The Morgan fingerprint density at radius 1 is 1.35 bits per heavy atom. The zero-order valence-corrected chi connectivity index (χ0v) is 10.4. The number of nitrogens with two attached hydrogens (primary N) is 1. The molecule has 1 rings (SSSR count). The van der Waals surface area contributed by atoms with Crippen molar-refractivity contribution in [1.82, 2.24) is 0 Å². The molecule has 0 radical (unpaired) electrons. The highest BCUT2D eigenvalue weighted by Gasteiger charge is 2.21. The van der Waals surface area contributed by atoms with Crippen LogP contribution in [0.15, 0.2) is 18.2 Å². The highest BCUT2D eigenvalue weighted by molar-refractivity contribution is 5.43. The van der Waals surface area contributed by atoms with Gasteiger partial charge in [-0.1, -0.05) is 13.0 Å². The van der Waals surface area contributed by atoms with Gasteiger partial charge in [-0.25, -0.2) is 0 Å². The van der Waals surface area contributed by atoms with Crippen molar-refractivity contribution in [3.05, 3.63) is 23.8 Å². The second-order valence-electron chi connectivity index (χ2n) is 3.78. The summed E-state index contributed by atoms with van der Waals surface area (Å²) >= 11 is 0. The Bertz CT molecular complexity index is 412. The van der Waals surface area contributed by atoms with Gasteiger partial charge in [-0.2, -0.15) is 5.26 Å². The normalized spacial score (nSPS) is 13.6. The molecule has 0 aliphatic heterocycles. The summed E-state index contributed by atoms with van der Waals surface area (Å²) in [6.07, 6.45) is 0.715. The molecule has 4 heteroatoms. The Morgan fingerprint density at radius 2 is 2.06 bits per heavy atom. The molecular weight excluding hydrogens is 216 g/mol. The summed E-state index contributed by atoms with van der Waals surface area (Å²) in [4.78, 5) is 0. The first-order valence-corrected chi connectivity index (χ1v) is 5.55. The van der Waals surface area contributed by atoms with E-state index in [9.17, 15) is 0 Å². The van der Waals surface area contributed by atoms with Crippen LogP contribution in [-0.2, 0) is 0 Å². The Kier molecular flexibility index (Phi) is 4.80. The van der Waals surface area contributed by atoms with Crippen molar-refractivity contribution in [1.29, 1.82) is 5.26 Å². The predicted molar refractivity (Wildman–Crippen MR) is 65.9 cm³/mol. The van der Waals surface area contributed by atoms with Crippen molar-refractivity contribution >= 4 is 0 Å². The van der Waals surface area contributed by atoms with Gasteiger partial charge in [-0.05, 0) is 12.5 Å². The van der Waals surface area contributed by atoms with Crippen LogP contribution in [0.5, 0.6) is 11.5 Å². The van der Waals surface area contributed by atoms with Crippen LogP contribution in [0.25, 0.3) is 0 Å². The molecule has 0 bridgehead atoms. The first-order valence-electron chi connectivity index (χ1n) is 5.55. The van der Waals surface area contributed by atoms with Crippen LogP contribution in [0.2, 0.25) is 0 Å². The summed E-state index contributed by atoms with van der Waals surface area (Å²) in [5, 5.41) is 9.03. The molecule has 0 spiro atoms. The van der Waals surface area contributed by atoms with Gasteiger partial charge in [-0.3, -0.25) is 0 Å². The summed E-state index contributed by atoms with van der Waals surface area (Å²) in [5.41, 5.74) is 6.92. The molecular formula is C13H18N2O2. The number of hydrogen-bond acceptors (Lipinski definition) is 4. The first kappa shape index (κ1) is 13.3. The fraction of sp³-hybridized carbons (Fsp3) is 0.462. The van der Waals surface area contributed by atoms with Gasteiger partial charge in [-0.15, -0.1) is 0 Å². The van der Waals surface area contributed by atoms with Crippen molar-refractivity contribution in [2.24, 2.45) is 11.7 Å². The molecule has 0 aliphatic rings. The van der Waals surface area contributed by atoms with Crippen molar-refractivity contribution in [3.63, 3.8) is 0 Å². The number of nitriles is 1. The number of methoxy groups -OCH3 is 2. The zero-order valence-electron chi connectivity index (χ0n) is 10.4. The van der Waals surface area contributed by atoms with Gasteiger partial charge >= 0.3 is 0 Å². The maximum Gasteiger partial charge on any atom is 0.127 e. The second kappa shape index (κ2) is 6.12. The highest BCUT2D eigenvalue weighted by Crippen LogP contribution is 2.32. The lowest BCUT2D eigenvalue weighted by atomic mass is 9.92. The van der Waals surface area contributed by atoms with E-state index < -0.39 is 0 Å². The fourth-order valence-corrected chi connectivity index (χ4v) is 1.74. The Morgan fingerprint density at radius 3 is 2.53 bits per heavy atom. The van der Waals surface area contributed by atoms with Gasteiger partial charge in [0.2, 0.25) is 0 Å². The molecule has 1 aromatic carbocycles. The van der Waals surface area contributed by atoms with E-state index in [1.54, 1.807) is 20.3 Å². The predicted octanol–water partition coefficient (Wildman–Crippen LogP) is 2.25. The third kappa shape index (κ3) is 2.89. The topological polar surface area (TPSA) is 68.3 Å². The lowest BCUT2D eigenvalue weighted by Crippen LogP contribution is -2.20. The average molecular weight is 234 g/mol. The minimum absolute atomic E-state index is 0.211. The monoisotopic (exact) mass is 234 g/mol. The minimum Gasteiger partial charge on any atom is -0.497 e. The van der Waals surface area contributed by atoms with E-state index in [1.165, 1.54) is 0 Å². The summed E-state index contributed by atoms with van der Waals surface area (Å²) in [5.74, 6) is 1.16. The number of ether oxygens (including phenoxy) is 2. The lowest BCUT2D eigenvalue weighted by molar-refractivity contribution is 0.383. The molecule has 0 aromatic heterocycles. The van der Waals surface area contributed by atoms with Crippen LogP contribution in [0.4, 0.5) is 0 Å². The molecule has 17 heavy (non-hydrogen) atoms. The SMILES string of the molecule is CCC(C#N)C(N)c1ccc(OC)cc1OC. The van der Waals surface area contributed by atoms with Crippen LogP contribution >= 0.6 is 0 Å². The molecule has 0 heterocycles. The fourth-order valence-electron chi connectivity index (χ4n) is 1.74. The van der Waals surface area contributed by atoms with E-state index in [1.807, 2.05) is 19.1 Å². The quantitative estimate of drug-likeness (QED) is 0.848. The maximum absolute atomic E-state index is 9.03. The molecule has 2 unspecified atom stereocenters. The molecule has 92 valence electrons. The van der Waals surface area contributed by atoms with Gasteiger partial charge in [0.05, 0.1) is 26.2 Å². The molecule has 0 amide bonds. The van der Waals surface area contributed by atoms with Crippen LogP contribution in [-0.4, -0.2) is 14.2 Å². The Labute approximate surface area is 102 Å². The third-order valence-corrected chi connectivity index (χ3v) is 2.84. The highest BCUT2D eigenvalue weighted by atomic mass is 16.5. The molecule has 0 fully saturated rings. The molecule has 2 N–H and O–H groups in total. The standard InChI is InChI=1S/C13H18N2O2/c1-4-9(8-14)13(15)11-6-5-10(16-2)7-12(11)17-3/h5-7,9,13H,4,15H2,1-3H3. The van der Waals surface area contributed by atoms with Crippen molar-refractivity contribution in [3.8, 4) is 17.6 Å². The van der Waals surface area contributed by atoms with Crippen LogP contribution in [0.3, 0.4) is 0 Å². The second-order valence-corrected chi connectivity index (χ2v) is 3.78. The minimum atomic E-state index is -0.342. The van der Waals surface area contributed by atoms with E-state index >= 15 is 0 Å². The van der Waals surface area contributed by atoms with E-state index in [0.29, 0.717) is 17.9 Å². The Hall–Kier alpha value is -1.73. The maximum atomic E-state index is 9.03. The summed E-state index contributed by atoms with van der Waals surface area (Å²) in [6, 6.07) is 7.32. The number of benzene rings is 1. The zero-order chi connectivity index (χ0) is 12.8. The molecule has 1 aromatic rings. The van der Waals surface area contributed by atoms with E-state index in [-0.39, 0.29) is 12.0 Å². The van der Waals surface area contributed by atoms with Crippen molar-refractivity contribution in [2.75, 3.05) is 14.2 Å². The van der Waals surface area contributed by atoms with Gasteiger partial charge in [0.15, 0.2) is 0 Å². The van der Waals surface area contributed by atoms with Crippen molar-refractivity contribution < 1.29 is 9.47 Å². The van der Waals surface area contributed by atoms with E-state index in [2.05, 4.69) is 6.07 Å². The molecule has 0 saturated heterocycles. The third-order valence-electron chi connectivity index (χ3n) is 2.84. The largest absolute Gasteiger partial charge is 0.497 e. The lowest BCUT2D eigenvalue weighted by Gasteiger charge is -2.19. The number of rotatable bonds is 5. The van der Waals surface area contributed by atoms with E-state index in [4.69, 9.17) is 20.5 Å². The van der Waals surface area contributed by atoms with Crippen LogP contribution in [0, 0.1) is 17.2 Å². The smallest absolute Gasteiger partial charge is 0.127 e. The van der Waals surface area contributed by atoms with Gasteiger partial charge in [0, 0.05) is 17.7 Å². The average Bonchev–Trinajstić information content (AvgIpc) is 2.39. The molecule has 0 aliphatic carbocycles. The molecule has 2 atom stereocenters. The number of hydrogen-bond donors (Lipinski definition) is 1. The Balaban J connectivity index is 3.09. The first-order chi connectivity index (χ1) is 8.17. The summed E-state index contributed by atoms with van der Waals surface area (Å²) in [6.45, 7) is 1.95. The van der Waals surface area contributed by atoms with Gasteiger partial charge < -0.3 is 15.2 Å². The summed E-state index contributed by atoms with van der Waals surface area (Å²) in [7, 11) is 3.18. The van der Waals surface area contributed by atoms with Crippen LogP contribution in [0.1, 0.15) is 24.9 Å². The van der Waals surface area contributed by atoms with Crippen molar-refractivity contribution in [2.45, 2.75) is 19.4 Å². The van der Waals surface area contributed by atoms with Gasteiger partial charge in [0.1, 0.15) is 11.5 Å². The molecule has 4 nitrogen and oxygen atoms in total. The molecule has 0 saturated carbocycles.